The van der Waals surface area contributed by atoms with Gasteiger partial charge in [0.2, 0.25) is 0 Å². The van der Waals surface area contributed by atoms with E-state index < -0.39 is 55.0 Å². The number of hydroxylamine groups is 2. The highest BCUT2D eigenvalue weighted by Gasteiger charge is 2.40. The van der Waals surface area contributed by atoms with Gasteiger partial charge in [-0.25, -0.2) is 9.78 Å². The first-order valence-electron chi connectivity index (χ1n) is 15.6. The summed E-state index contributed by atoms with van der Waals surface area (Å²) < 4.78 is 16.4. The Labute approximate surface area is 295 Å². The lowest BCUT2D eigenvalue weighted by atomic mass is 9.64. The normalized spacial score (nSPS) is 19.8. The number of carboxylic acid groups (broad SMARTS) is 1. The first-order chi connectivity index (χ1) is 24.3. The number of aliphatic hydroxyl groups is 2. The fourth-order valence-electron chi connectivity index (χ4n) is 5.33. The van der Waals surface area contributed by atoms with Crippen LogP contribution >= 0.6 is 11.3 Å². The summed E-state index contributed by atoms with van der Waals surface area (Å²) >= 11 is 1.10. The van der Waals surface area contributed by atoms with Gasteiger partial charge in [0.25, 0.3) is 11.8 Å². The molecule has 1 fully saturated rings. The second-order valence-corrected chi connectivity index (χ2v) is 12.9. The van der Waals surface area contributed by atoms with Crippen molar-refractivity contribution in [2.24, 2.45) is 5.16 Å². The van der Waals surface area contributed by atoms with Crippen LogP contribution in [-0.2, 0) is 30.4 Å². The topological polar surface area (TPSA) is 250 Å². The Hall–Kier alpha value is -4.76. The smallest absolute Gasteiger partial charge is 0.526 e. The van der Waals surface area contributed by atoms with Crippen LogP contribution in [0.4, 0.5) is 5.13 Å². The molecule has 17 nitrogen and oxygen atoms in total. The van der Waals surface area contributed by atoms with Gasteiger partial charge in [0.1, 0.15) is 36.9 Å². The number of anilines is 1. The highest BCUT2D eigenvalue weighted by molar-refractivity contribution is 7.13. The van der Waals surface area contributed by atoms with Crippen LogP contribution in [0.1, 0.15) is 62.6 Å². The molecule has 3 atom stereocenters. The number of ether oxygens (including phenoxy) is 2. The van der Waals surface area contributed by atoms with Crippen LogP contribution in [-0.4, -0.2) is 111 Å². The van der Waals surface area contributed by atoms with Gasteiger partial charge >= 0.3 is 13.1 Å². The number of nitrogens with two attached hydrogens (primary N) is 1. The molecule has 3 aliphatic heterocycles. The van der Waals surface area contributed by atoms with Crippen LogP contribution in [0.3, 0.4) is 0 Å². The molecule has 1 aromatic heterocycles. The molecule has 4 heterocycles. The highest BCUT2D eigenvalue weighted by Crippen LogP contribution is 2.36. The maximum Gasteiger partial charge on any atom is 0.526 e. The largest absolute Gasteiger partial charge is 0.535 e. The van der Waals surface area contributed by atoms with E-state index in [9.17, 15) is 34.4 Å². The number of hydrogen-bond donors (Lipinski definition) is 5. The molecule has 0 spiro atoms. The van der Waals surface area contributed by atoms with Crippen molar-refractivity contribution < 1.29 is 63.3 Å². The molecule has 0 radical (unpaired) electrons. The fourth-order valence-corrected chi connectivity index (χ4v) is 5.87. The number of carbonyl (C=O) groups is 4. The van der Waals surface area contributed by atoms with Gasteiger partial charge in [-0.1, -0.05) is 29.4 Å². The summed E-state index contributed by atoms with van der Waals surface area (Å²) in [5.74, 6) is -3.84. The lowest BCUT2D eigenvalue weighted by Gasteiger charge is -2.28. The SMILES string of the molecule is CC1(C)OCC(CON2C(=O)c3ccccc3C2=O)O1.Nc1nc(/C(=N/OCC(O)CO)C(=O)C[C@H]2Cc3cccc(C(=O)O)c3OB2O)cs1. The van der Waals surface area contributed by atoms with Gasteiger partial charge in [-0.15, -0.1) is 16.4 Å². The minimum absolute atomic E-state index is 0.0719. The van der Waals surface area contributed by atoms with Crippen LogP contribution in [0, 0.1) is 0 Å². The Morgan fingerprint density at radius 2 is 1.88 bits per heavy atom. The molecule has 0 aliphatic carbocycles. The van der Waals surface area contributed by atoms with Crippen molar-refractivity contribution in [2.75, 3.05) is 32.2 Å². The lowest BCUT2D eigenvalue weighted by molar-refractivity contribution is -0.163. The number of ketones is 1. The molecule has 6 rings (SSSR count). The molecule has 2 amide bonds. The molecule has 0 bridgehead atoms. The zero-order chi connectivity index (χ0) is 36.9. The van der Waals surface area contributed by atoms with Crippen molar-refractivity contribution in [3.8, 4) is 5.75 Å². The lowest BCUT2D eigenvalue weighted by Crippen LogP contribution is -2.37. The number of benzene rings is 2. The van der Waals surface area contributed by atoms with Crippen molar-refractivity contribution in [3.63, 3.8) is 0 Å². The minimum Gasteiger partial charge on any atom is -0.535 e. The predicted octanol–water partition coefficient (Wildman–Crippen LogP) is 1.31. The number of fused-ring (bicyclic) bond motifs is 2. The zero-order valence-corrected chi connectivity index (χ0v) is 28.3. The number of amides is 2. The Balaban J connectivity index is 0.000000216. The molecule has 2 aromatic carbocycles. The van der Waals surface area contributed by atoms with Crippen LogP contribution in [0.2, 0.25) is 5.82 Å². The number of rotatable bonds is 12. The van der Waals surface area contributed by atoms with E-state index in [1.807, 2.05) is 0 Å². The quantitative estimate of drug-likeness (QED) is 0.0764. The van der Waals surface area contributed by atoms with Crippen LogP contribution in [0.25, 0.3) is 0 Å². The third-order valence-corrected chi connectivity index (χ3v) is 8.45. The third-order valence-electron chi connectivity index (χ3n) is 7.77. The molecule has 51 heavy (non-hydrogen) atoms. The van der Waals surface area contributed by atoms with Crippen molar-refractivity contribution in [2.45, 2.75) is 50.5 Å². The predicted molar refractivity (Wildman–Crippen MR) is 179 cm³/mol. The van der Waals surface area contributed by atoms with E-state index in [4.69, 9.17) is 34.6 Å². The van der Waals surface area contributed by atoms with E-state index in [-0.39, 0.29) is 60.0 Å². The Morgan fingerprint density at radius 1 is 1.18 bits per heavy atom. The Bertz CT molecular complexity index is 1780. The Morgan fingerprint density at radius 3 is 2.47 bits per heavy atom. The number of carboxylic acids is 1. The van der Waals surface area contributed by atoms with E-state index in [0.29, 0.717) is 23.3 Å². The van der Waals surface area contributed by atoms with E-state index in [2.05, 4.69) is 10.1 Å². The van der Waals surface area contributed by atoms with Crippen molar-refractivity contribution in [3.05, 3.63) is 75.8 Å². The van der Waals surface area contributed by atoms with E-state index in [1.165, 1.54) is 11.4 Å². The van der Waals surface area contributed by atoms with Crippen molar-refractivity contribution in [1.29, 1.82) is 0 Å². The summed E-state index contributed by atoms with van der Waals surface area (Å²) in [6.07, 6.45) is -1.46. The second kappa shape index (κ2) is 16.1. The number of Topliss-reactive ketones (excluding diaryl/α,β-unsaturated/α-hetero) is 1. The van der Waals surface area contributed by atoms with Gasteiger partial charge in [-0.3, -0.25) is 19.2 Å². The van der Waals surface area contributed by atoms with Crippen LogP contribution in [0.5, 0.6) is 5.75 Å². The summed E-state index contributed by atoms with van der Waals surface area (Å²) in [5, 5.41) is 44.2. The van der Waals surface area contributed by atoms with Gasteiger partial charge < -0.3 is 45.0 Å². The zero-order valence-electron chi connectivity index (χ0n) is 27.5. The Kier molecular flexibility index (Phi) is 11.8. The maximum atomic E-state index is 12.9. The number of hydrogen-bond acceptors (Lipinski definition) is 16. The summed E-state index contributed by atoms with van der Waals surface area (Å²) in [5.41, 5.74) is 6.86. The molecule has 3 aromatic rings. The van der Waals surface area contributed by atoms with Gasteiger partial charge in [0.15, 0.2) is 22.4 Å². The maximum absolute atomic E-state index is 12.9. The monoisotopic (exact) mass is 726 g/mol. The number of imide groups is 1. The first-order valence-corrected chi connectivity index (χ1v) is 16.5. The number of aromatic carboxylic acids is 1. The molecular formula is C32H35BN4O13S. The minimum atomic E-state index is -1.41. The number of nitrogens with zero attached hydrogens (tertiary/aromatic N) is 3. The molecule has 19 heteroatoms. The van der Waals surface area contributed by atoms with Gasteiger partial charge in [-0.2, -0.15) is 0 Å². The van der Waals surface area contributed by atoms with Crippen LogP contribution < -0.4 is 10.4 Å². The highest BCUT2D eigenvalue weighted by atomic mass is 32.1. The molecule has 2 unspecified atom stereocenters. The van der Waals surface area contributed by atoms with E-state index in [1.54, 1.807) is 50.2 Å². The number of carbonyl (C=O) groups excluding carboxylic acids is 3. The van der Waals surface area contributed by atoms with Crippen LogP contribution in [0.15, 0.2) is 53.0 Å². The van der Waals surface area contributed by atoms with Crippen molar-refractivity contribution >= 4 is 52.9 Å². The first kappa shape index (κ1) is 37.5. The molecule has 1 saturated heterocycles. The third kappa shape index (κ3) is 8.95. The number of aromatic nitrogens is 1. The fraction of sp³-hybridized carbons (Fsp3) is 0.375. The molecular weight excluding hydrogens is 691 g/mol. The molecule has 3 aliphatic rings. The number of nitrogen functional groups attached to an aromatic ring is 1. The molecule has 0 saturated carbocycles. The molecule has 270 valence electrons. The van der Waals surface area contributed by atoms with Crippen molar-refractivity contribution in [1.82, 2.24) is 10.0 Å². The van der Waals surface area contributed by atoms with E-state index in [0.717, 1.165) is 16.4 Å². The number of aliphatic hydroxyl groups excluding tert-OH is 2. The summed E-state index contributed by atoms with van der Waals surface area (Å²) in [7, 11) is -1.41. The van der Waals surface area contributed by atoms with Gasteiger partial charge in [0.05, 0.1) is 29.9 Å². The number of oxime groups is 1. The summed E-state index contributed by atoms with van der Waals surface area (Å²) in [4.78, 5) is 62.7. The van der Waals surface area contributed by atoms with Gasteiger partial charge in [0, 0.05) is 17.6 Å². The van der Waals surface area contributed by atoms with Gasteiger partial charge in [-0.05, 0) is 44.0 Å². The standard InChI is InChI=1S/C18H20BN3O8S.C14H15NO5/c20-18-21-13(8-31-18)15(22-29-7-11(24)6-23)14(25)5-10-4-9-2-1-3-12(17(26)27)16(9)30-19(10)28;1-14(2)18-7-9(20-14)8-19-15-12(16)10-5-3-4-6-11(10)13(15)17/h1-3,8,10-11,23-24,28H,4-7H2,(H2,20,21)(H,26,27);3-6,9H,7-8H2,1-2H3/b22-15-;/t10-,11?;/m1./s1. The second-order valence-electron chi connectivity index (χ2n) is 12.0. The average molecular weight is 727 g/mol. The number of para-hydroxylation sites is 1. The summed E-state index contributed by atoms with van der Waals surface area (Å²) in [6, 6.07) is 11.2. The van der Waals surface area contributed by atoms with E-state index >= 15 is 0 Å². The summed E-state index contributed by atoms with van der Waals surface area (Å²) in [6.45, 7) is 3.19. The number of thiazole rings is 1. The average Bonchev–Trinajstić information content (AvgIpc) is 3.76. The molecule has 6 N–H and O–H groups in total.